The molecule has 1 heterocycles. The van der Waals surface area contributed by atoms with Crippen molar-refractivity contribution in [3.63, 3.8) is 0 Å². The highest BCUT2D eigenvalue weighted by Gasteiger charge is 2.18. The summed E-state index contributed by atoms with van der Waals surface area (Å²) in [6.45, 7) is 8.09. The molecule has 0 aromatic heterocycles. The molecule has 0 radical (unpaired) electrons. The van der Waals surface area contributed by atoms with Crippen molar-refractivity contribution < 1.29 is 9.47 Å². The van der Waals surface area contributed by atoms with Gasteiger partial charge >= 0.3 is 0 Å². The van der Waals surface area contributed by atoms with Gasteiger partial charge in [-0.2, -0.15) is 0 Å². The average Bonchev–Trinajstić information content (AvgIpc) is 2.62. The fourth-order valence-electron chi connectivity index (χ4n) is 3.35. The Bertz CT molecular complexity index is 566. The molecule has 6 heteroatoms. The van der Waals surface area contributed by atoms with Crippen LogP contribution in [0.1, 0.15) is 38.7 Å². The second-order valence-corrected chi connectivity index (χ2v) is 6.69. The van der Waals surface area contributed by atoms with Crippen LogP contribution in [0.5, 0.6) is 11.5 Å². The number of halogens is 1. The van der Waals surface area contributed by atoms with Gasteiger partial charge in [0.15, 0.2) is 17.5 Å². The first kappa shape index (κ1) is 22.9. The Morgan fingerprint density at radius 1 is 1.35 bits per heavy atom. The van der Waals surface area contributed by atoms with E-state index in [0.717, 1.165) is 55.9 Å². The lowest BCUT2D eigenvalue weighted by molar-refractivity contribution is 0.266. The molecule has 1 N–H and O–H groups in total. The lowest BCUT2D eigenvalue weighted by atomic mass is 10.0. The van der Waals surface area contributed by atoms with Crippen molar-refractivity contribution in [1.82, 2.24) is 10.2 Å². The van der Waals surface area contributed by atoms with Crippen molar-refractivity contribution in [3.05, 3.63) is 23.8 Å². The van der Waals surface area contributed by atoms with Crippen LogP contribution in [0.15, 0.2) is 23.2 Å². The lowest BCUT2D eigenvalue weighted by Crippen LogP contribution is -2.46. The molecule has 1 aromatic rings. The molecule has 0 amide bonds. The molecule has 1 atom stereocenters. The second kappa shape index (κ2) is 12.3. The highest BCUT2D eigenvalue weighted by Crippen LogP contribution is 2.28. The van der Waals surface area contributed by atoms with Crippen LogP contribution in [0.3, 0.4) is 0 Å². The molecular formula is C20H34IN3O2. The van der Waals surface area contributed by atoms with E-state index in [0.29, 0.717) is 6.61 Å². The number of piperidine rings is 1. The number of benzene rings is 1. The number of hydrogen-bond donors (Lipinski definition) is 1. The van der Waals surface area contributed by atoms with Crippen molar-refractivity contribution in [1.29, 1.82) is 0 Å². The Labute approximate surface area is 175 Å². The number of aliphatic imine (C=N–C) groups is 1. The van der Waals surface area contributed by atoms with E-state index in [-0.39, 0.29) is 24.0 Å². The molecule has 0 saturated carbocycles. The summed E-state index contributed by atoms with van der Waals surface area (Å²) in [7, 11) is 3.55. The van der Waals surface area contributed by atoms with E-state index < -0.39 is 0 Å². The van der Waals surface area contributed by atoms with E-state index in [2.05, 4.69) is 34.3 Å². The van der Waals surface area contributed by atoms with Gasteiger partial charge in [-0.05, 0) is 56.2 Å². The van der Waals surface area contributed by atoms with Crippen molar-refractivity contribution in [3.8, 4) is 11.5 Å². The smallest absolute Gasteiger partial charge is 0.193 e. The van der Waals surface area contributed by atoms with Gasteiger partial charge in [-0.15, -0.1) is 24.0 Å². The number of ether oxygens (including phenoxy) is 2. The SMILES string of the molecule is CCOc1cc(CCCNC(=NC)N2CCCC(C)C2)ccc1OC.I. The molecule has 5 nitrogen and oxygen atoms in total. The van der Waals surface area contributed by atoms with Crippen molar-refractivity contribution in [2.24, 2.45) is 10.9 Å². The van der Waals surface area contributed by atoms with Crippen LogP contribution in [0.25, 0.3) is 0 Å². The summed E-state index contributed by atoms with van der Waals surface area (Å²) < 4.78 is 11.0. The first-order chi connectivity index (χ1) is 12.2. The third-order valence-electron chi connectivity index (χ3n) is 4.62. The molecular weight excluding hydrogens is 441 g/mol. The van der Waals surface area contributed by atoms with Crippen LogP contribution in [-0.2, 0) is 6.42 Å². The van der Waals surface area contributed by atoms with E-state index in [1.807, 2.05) is 20.0 Å². The number of hydrogen-bond acceptors (Lipinski definition) is 3. The number of aryl methyl sites for hydroxylation is 1. The number of nitrogens with one attached hydrogen (secondary N) is 1. The maximum absolute atomic E-state index is 5.65. The third kappa shape index (κ3) is 6.85. The van der Waals surface area contributed by atoms with Crippen LogP contribution >= 0.6 is 24.0 Å². The first-order valence-corrected chi connectivity index (χ1v) is 9.43. The molecule has 1 aromatic carbocycles. The molecule has 148 valence electrons. The molecule has 1 aliphatic heterocycles. The van der Waals surface area contributed by atoms with Crippen molar-refractivity contribution >= 4 is 29.9 Å². The highest BCUT2D eigenvalue weighted by molar-refractivity contribution is 14.0. The molecule has 0 bridgehead atoms. The number of methoxy groups -OCH3 is 1. The maximum Gasteiger partial charge on any atom is 0.193 e. The summed E-state index contributed by atoms with van der Waals surface area (Å²) in [6.07, 6.45) is 4.64. The minimum atomic E-state index is 0. The van der Waals surface area contributed by atoms with Gasteiger partial charge in [-0.1, -0.05) is 13.0 Å². The molecule has 0 aliphatic carbocycles. The zero-order valence-electron chi connectivity index (χ0n) is 16.6. The van der Waals surface area contributed by atoms with Gasteiger partial charge in [-0.25, -0.2) is 0 Å². The Morgan fingerprint density at radius 3 is 2.81 bits per heavy atom. The van der Waals surface area contributed by atoms with Gasteiger partial charge in [0, 0.05) is 26.7 Å². The summed E-state index contributed by atoms with van der Waals surface area (Å²) in [5.41, 5.74) is 1.27. The minimum Gasteiger partial charge on any atom is -0.493 e. The average molecular weight is 475 g/mol. The Balaban J connectivity index is 0.00000338. The van der Waals surface area contributed by atoms with Crippen LogP contribution in [0.2, 0.25) is 0 Å². The standard InChI is InChI=1S/C20H33N3O2.HI/c1-5-25-19-14-17(10-11-18(19)24-4)9-6-12-22-20(21-3)23-13-7-8-16(2)15-23;/h10-11,14,16H,5-9,12-13,15H2,1-4H3,(H,21,22);1H. The monoisotopic (exact) mass is 475 g/mol. The van der Waals surface area contributed by atoms with Crippen molar-refractivity contribution in [2.75, 3.05) is 40.4 Å². The zero-order valence-corrected chi connectivity index (χ0v) is 18.9. The predicted molar refractivity (Wildman–Crippen MR) is 119 cm³/mol. The molecule has 0 spiro atoms. The van der Waals surface area contributed by atoms with Gasteiger partial charge in [0.25, 0.3) is 0 Å². The molecule has 2 rings (SSSR count). The molecule has 1 saturated heterocycles. The Kier molecular flexibility index (Phi) is 10.8. The molecule has 26 heavy (non-hydrogen) atoms. The molecule has 1 fully saturated rings. The Hall–Kier alpha value is -1.18. The van der Waals surface area contributed by atoms with E-state index in [4.69, 9.17) is 9.47 Å². The van der Waals surface area contributed by atoms with Gasteiger partial charge in [0.05, 0.1) is 13.7 Å². The zero-order chi connectivity index (χ0) is 18.1. The van der Waals surface area contributed by atoms with Gasteiger partial charge in [0.2, 0.25) is 0 Å². The fourth-order valence-corrected chi connectivity index (χ4v) is 3.35. The minimum absolute atomic E-state index is 0. The molecule has 1 unspecified atom stereocenters. The number of rotatable bonds is 7. The predicted octanol–water partition coefficient (Wildman–Crippen LogP) is 3.95. The summed E-state index contributed by atoms with van der Waals surface area (Å²) in [5, 5.41) is 3.51. The third-order valence-corrected chi connectivity index (χ3v) is 4.62. The largest absolute Gasteiger partial charge is 0.493 e. The van der Waals surface area contributed by atoms with E-state index >= 15 is 0 Å². The number of nitrogens with zero attached hydrogens (tertiary/aromatic N) is 2. The summed E-state index contributed by atoms with van der Waals surface area (Å²) in [5.74, 6) is 3.41. The quantitative estimate of drug-likeness (QED) is 0.281. The van der Waals surface area contributed by atoms with E-state index in [9.17, 15) is 0 Å². The van der Waals surface area contributed by atoms with E-state index in [1.165, 1.54) is 18.4 Å². The maximum atomic E-state index is 5.65. The Morgan fingerprint density at radius 2 is 2.15 bits per heavy atom. The first-order valence-electron chi connectivity index (χ1n) is 9.43. The van der Waals surface area contributed by atoms with Crippen LogP contribution in [0, 0.1) is 5.92 Å². The summed E-state index contributed by atoms with van der Waals surface area (Å²) in [4.78, 5) is 6.83. The van der Waals surface area contributed by atoms with Crippen LogP contribution in [-0.4, -0.2) is 51.3 Å². The second-order valence-electron chi connectivity index (χ2n) is 6.69. The van der Waals surface area contributed by atoms with Gasteiger partial charge in [0.1, 0.15) is 0 Å². The van der Waals surface area contributed by atoms with Gasteiger partial charge < -0.3 is 19.7 Å². The topological polar surface area (TPSA) is 46.1 Å². The normalized spacial score (nSPS) is 17.5. The van der Waals surface area contributed by atoms with Gasteiger partial charge in [-0.3, -0.25) is 4.99 Å². The number of likely N-dealkylation sites (tertiary alicyclic amines) is 1. The fraction of sp³-hybridized carbons (Fsp3) is 0.650. The lowest BCUT2D eigenvalue weighted by Gasteiger charge is -2.33. The van der Waals surface area contributed by atoms with E-state index in [1.54, 1.807) is 7.11 Å². The summed E-state index contributed by atoms with van der Waals surface area (Å²) >= 11 is 0. The molecule has 1 aliphatic rings. The van der Waals surface area contributed by atoms with Crippen LogP contribution < -0.4 is 14.8 Å². The highest BCUT2D eigenvalue weighted by atomic mass is 127. The van der Waals surface area contributed by atoms with Crippen LogP contribution in [0.4, 0.5) is 0 Å². The number of guanidine groups is 1. The summed E-state index contributed by atoms with van der Waals surface area (Å²) in [6, 6.07) is 6.19. The van der Waals surface area contributed by atoms with Crippen molar-refractivity contribution in [2.45, 2.75) is 39.5 Å².